The third-order valence-corrected chi connectivity index (χ3v) is 3.26. The molecular weight excluding hydrogens is 347 g/mol. The maximum Gasteiger partial charge on any atom is 0.169 e. The highest BCUT2D eigenvalue weighted by molar-refractivity contribution is 9.10. The van der Waals surface area contributed by atoms with Crippen LogP contribution in [0.3, 0.4) is 0 Å². The molecule has 0 unspecified atom stereocenters. The highest BCUT2D eigenvalue weighted by atomic mass is 79.9. The fourth-order valence-corrected chi connectivity index (χ4v) is 2.01. The second-order valence-electron chi connectivity index (χ2n) is 4.33. The van der Waals surface area contributed by atoms with E-state index >= 15 is 0 Å². The number of hydrogen-bond acceptors (Lipinski definition) is 3. The van der Waals surface area contributed by atoms with Gasteiger partial charge in [0.2, 0.25) is 0 Å². The summed E-state index contributed by atoms with van der Waals surface area (Å²) >= 11 is 3.04. The maximum atomic E-state index is 13.7. The van der Waals surface area contributed by atoms with Crippen molar-refractivity contribution in [1.29, 1.82) is 0 Å². The number of aromatic nitrogens is 1. The van der Waals surface area contributed by atoms with Gasteiger partial charge in [0.05, 0.1) is 4.47 Å². The molecule has 3 nitrogen and oxygen atoms in total. The van der Waals surface area contributed by atoms with Crippen LogP contribution >= 0.6 is 15.9 Å². The molecule has 1 aromatic carbocycles. The number of hydrogen-bond donors (Lipinski definition) is 2. The predicted octanol–water partition coefficient (Wildman–Crippen LogP) is 4.83. The Morgan fingerprint density at radius 1 is 1.05 bits per heavy atom. The zero-order chi connectivity index (χ0) is 15.4. The summed E-state index contributed by atoms with van der Waals surface area (Å²) in [6.07, 6.45) is 0.784. The average molecular weight is 360 g/mol. The molecule has 0 amide bonds. The van der Waals surface area contributed by atoms with Crippen LogP contribution < -0.4 is 10.6 Å². The zero-order valence-corrected chi connectivity index (χ0v) is 12.8. The molecule has 0 atom stereocenters. The van der Waals surface area contributed by atoms with E-state index in [0.717, 1.165) is 12.5 Å². The molecule has 0 fully saturated rings. The van der Waals surface area contributed by atoms with Gasteiger partial charge in [0.15, 0.2) is 23.3 Å². The monoisotopic (exact) mass is 359 g/mol. The number of nitrogens with one attached hydrogen (secondary N) is 2. The first kappa shape index (κ1) is 15.6. The molecular formula is C14H13BrF3N3. The molecule has 1 heterocycles. The van der Waals surface area contributed by atoms with Crippen molar-refractivity contribution in [3.05, 3.63) is 46.2 Å². The molecule has 0 radical (unpaired) electrons. The van der Waals surface area contributed by atoms with Crippen molar-refractivity contribution in [3.63, 3.8) is 0 Å². The van der Waals surface area contributed by atoms with E-state index in [2.05, 4.69) is 31.5 Å². The summed E-state index contributed by atoms with van der Waals surface area (Å²) in [5.74, 6) is -2.17. The number of halogens is 4. The summed E-state index contributed by atoms with van der Waals surface area (Å²) in [5, 5.41) is 5.47. The molecule has 0 saturated heterocycles. The van der Waals surface area contributed by atoms with Crippen molar-refractivity contribution in [3.8, 4) is 0 Å². The second-order valence-corrected chi connectivity index (χ2v) is 5.18. The van der Waals surface area contributed by atoms with Gasteiger partial charge in [-0.1, -0.05) is 6.92 Å². The van der Waals surface area contributed by atoms with Crippen molar-refractivity contribution in [2.45, 2.75) is 13.3 Å². The minimum Gasteiger partial charge on any atom is -0.368 e. The van der Waals surface area contributed by atoms with Gasteiger partial charge in [-0.3, -0.25) is 0 Å². The zero-order valence-electron chi connectivity index (χ0n) is 11.2. The Labute approximate surface area is 128 Å². The van der Waals surface area contributed by atoms with Gasteiger partial charge in [0, 0.05) is 18.3 Å². The van der Waals surface area contributed by atoms with E-state index in [1.54, 1.807) is 0 Å². The molecule has 0 aliphatic heterocycles. The first-order valence-corrected chi connectivity index (χ1v) is 7.12. The van der Waals surface area contributed by atoms with E-state index in [0.29, 0.717) is 12.2 Å². The normalized spacial score (nSPS) is 10.5. The van der Waals surface area contributed by atoms with Crippen LogP contribution in [0.5, 0.6) is 0 Å². The van der Waals surface area contributed by atoms with Crippen LogP contribution in [0.15, 0.2) is 28.7 Å². The van der Waals surface area contributed by atoms with E-state index < -0.39 is 17.5 Å². The van der Waals surface area contributed by atoms with Crippen molar-refractivity contribution >= 4 is 33.3 Å². The molecule has 0 bridgehead atoms. The Morgan fingerprint density at radius 3 is 2.43 bits per heavy atom. The van der Waals surface area contributed by atoms with Gasteiger partial charge >= 0.3 is 0 Å². The lowest BCUT2D eigenvalue weighted by molar-refractivity contribution is 0.579. The molecule has 21 heavy (non-hydrogen) atoms. The van der Waals surface area contributed by atoms with Crippen LogP contribution in [0.1, 0.15) is 13.3 Å². The van der Waals surface area contributed by atoms with Gasteiger partial charge in [-0.2, -0.15) is 0 Å². The summed E-state index contributed by atoms with van der Waals surface area (Å²) in [6.45, 7) is 2.45. The van der Waals surface area contributed by atoms with Crippen LogP contribution in [0.25, 0.3) is 0 Å². The third-order valence-electron chi connectivity index (χ3n) is 2.65. The lowest BCUT2D eigenvalue weighted by atomic mass is 10.3. The van der Waals surface area contributed by atoms with Crippen molar-refractivity contribution in [1.82, 2.24) is 4.98 Å². The maximum absolute atomic E-state index is 13.7. The van der Waals surface area contributed by atoms with Gasteiger partial charge in [-0.25, -0.2) is 18.2 Å². The van der Waals surface area contributed by atoms with E-state index in [-0.39, 0.29) is 16.1 Å². The van der Waals surface area contributed by atoms with Gasteiger partial charge < -0.3 is 10.6 Å². The van der Waals surface area contributed by atoms with Crippen LogP contribution in [0.4, 0.5) is 30.5 Å². The van der Waals surface area contributed by atoms with Crippen LogP contribution in [0.2, 0.25) is 0 Å². The van der Waals surface area contributed by atoms with Gasteiger partial charge in [-0.15, -0.1) is 0 Å². The Morgan fingerprint density at radius 2 is 1.76 bits per heavy atom. The largest absolute Gasteiger partial charge is 0.368 e. The van der Waals surface area contributed by atoms with Crippen LogP contribution in [0, 0.1) is 17.5 Å². The van der Waals surface area contributed by atoms with Crippen molar-refractivity contribution in [2.75, 3.05) is 17.2 Å². The first-order chi connectivity index (χ1) is 10.0. The number of pyridine rings is 1. The standard InChI is InChI=1S/C14H13BrF3N3/c1-2-5-19-13-11(17)7-12(18)14(21-13)20-8-3-4-10(16)9(15)6-8/h3-4,6-7H,2,5H2,1H3,(H2,19,20,21). The number of anilines is 3. The molecule has 7 heteroatoms. The Kier molecular flexibility index (Phi) is 5.06. The SMILES string of the molecule is CCCNc1nc(Nc2ccc(F)c(Br)c2)c(F)cc1F. The van der Waals surface area contributed by atoms with E-state index in [1.807, 2.05) is 6.92 Å². The minimum absolute atomic E-state index is 0.0260. The highest BCUT2D eigenvalue weighted by Gasteiger charge is 2.12. The summed E-state index contributed by atoms with van der Waals surface area (Å²) < 4.78 is 40.7. The first-order valence-electron chi connectivity index (χ1n) is 6.33. The Hall–Kier alpha value is -1.76. The van der Waals surface area contributed by atoms with E-state index in [4.69, 9.17) is 0 Å². The summed E-state index contributed by atoms with van der Waals surface area (Å²) in [5.41, 5.74) is 0.433. The third kappa shape index (κ3) is 3.87. The summed E-state index contributed by atoms with van der Waals surface area (Å²) in [6, 6.07) is 4.86. The quantitative estimate of drug-likeness (QED) is 0.802. The molecule has 1 aromatic heterocycles. The molecule has 2 rings (SSSR count). The van der Waals surface area contributed by atoms with E-state index in [1.165, 1.54) is 18.2 Å². The van der Waals surface area contributed by atoms with E-state index in [9.17, 15) is 13.2 Å². The minimum atomic E-state index is -0.824. The van der Waals surface area contributed by atoms with Crippen molar-refractivity contribution < 1.29 is 13.2 Å². The van der Waals surface area contributed by atoms with Crippen LogP contribution in [-0.4, -0.2) is 11.5 Å². The van der Waals surface area contributed by atoms with Crippen LogP contribution in [-0.2, 0) is 0 Å². The average Bonchev–Trinajstić information content (AvgIpc) is 2.44. The number of nitrogens with zero attached hydrogens (tertiary/aromatic N) is 1. The molecule has 2 aromatic rings. The fraction of sp³-hybridized carbons (Fsp3) is 0.214. The summed E-state index contributed by atoms with van der Waals surface area (Å²) in [4.78, 5) is 3.88. The molecule has 0 spiro atoms. The molecule has 0 aliphatic rings. The molecule has 112 valence electrons. The van der Waals surface area contributed by atoms with Gasteiger partial charge in [-0.05, 0) is 40.5 Å². The smallest absolute Gasteiger partial charge is 0.169 e. The van der Waals surface area contributed by atoms with Gasteiger partial charge in [0.1, 0.15) is 5.82 Å². The Bertz CT molecular complexity index is 650. The highest BCUT2D eigenvalue weighted by Crippen LogP contribution is 2.25. The Balaban J connectivity index is 2.28. The lowest BCUT2D eigenvalue weighted by Crippen LogP contribution is -2.07. The molecule has 0 aliphatic carbocycles. The van der Waals surface area contributed by atoms with Crippen molar-refractivity contribution in [2.24, 2.45) is 0 Å². The molecule has 0 saturated carbocycles. The second kappa shape index (κ2) is 6.80. The lowest BCUT2D eigenvalue weighted by Gasteiger charge is -2.11. The fourth-order valence-electron chi connectivity index (χ4n) is 1.63. The van der Waals surface area contributed by atoms with Gasteiger partial charge in [0.25, 0.3) is 0 Å². The number of benzene rings is 1. The predicted molar refractivity (Wildman–Crippen MR) is 80.3 cm³/mol. The number of rotatable bonds is 5. The summed E-state index contributed by atoms with van der Waals surface area (Å²) in [7, 11) is 0. The topological polar surface area (TPSA) is 37.0 Å². The molecule has 2 N–H and O–H groups in total.